The number of β-amino-alcohol motifs (C(OH)–C–C–N with tert-alkyl or cyclic N) is 1. The van der Waals surface area contributed by atoms with Crippen LogP contribution in [-0.4, -0.2) is 54.2 Å². The van der Waals surface area contributed by atoms with E-state index >= 15 is 0 Å². The smallest absolute Gasteiger partial charge is 0.170 e. The molecule has 0 aromatic rings. The fourth-order valence-electron chi connectivity index (χ4n) is 2.73. The molecule has 0 aromatic carbocycles. The minimum absolute atomic E-state index is 0.299. The van der Waals surface area contributed by atoms with E-state index in [4.69, 9.17) is 9.47 Å². The Balaban J connectivity index is 1.82. The zero-order chi connectivity index (χ0) is 12.4. The van der Waals surface area contributed by atoms with Crippen molar-refractivity contribution in [1.82, 2.24) is 4.90 Å². The van der Waals surface area contributed by atoms with Gasteiger partial charge in [-0.15, -0.1) is 0 Å². The maximum atomic E-state index is 10.3. The first-order valence-corrected chi connectivity index (χ1v) is 6.84. The predicted molar refractivity (Wildman–Crippen MR) is 65.8 cm³/mol. The van der Waals surface area contributed by atoms with Gasteiger partial charge in [0.15, 0.2) is 5.79 Å². The highest BCUT2D eigenvalue weighted by Gasteiger charge is 2.40. The molecule has 0 unspecified atom stereocenters. The summed E-state index contributed by atoms with van der Waals surface area (Å²) < 4.78 is 11.4. The van der Waals surface area contributed by atoms with E-state index in [9.17, 15) is 5.11 Å². The van der Waals surface area contributed by atoms with Gasteiger partial charge >= 0.3 is 0 Å². The van der Waals surface area contributed by atoms with Crippen molar-refractivity contribution >= 4 is 0 Å². The Bertz CT molecular complexity index is 237. The first-order valence-electron chi connectivity index (χ1n) is 6.84. The van der Waals surface area contributed by atoms with Crippen LogP contribution < -0.4 is 0 Å². The highest BCUT2D eigenvalue weighted by atomic mass is 16.7. The summed E-state index contributed by atoms with van der Waals surface area (Å²) >= 11 is 0. The molecule has 1 N–H and O–H groups in total. The van der Waals surface area contributed by atoms with Crippen molar-refractivity contribution in [2.75, 3.05) is 32.8 Å². The van der Waals surface area contributed by atoms with Crippen LogP contribution in [0.4, 0.5) is 0 Å². The van der Waals surface area contributed by atoms with Gasteiger partial charge in [-0.05, 0) is 12.8 Å². The van der Waals surface area contributed by atoms with E-state index in [2.05, 4.69) is 18.7 Å². The first-order chi connectivity index (χ1) is 8.11. The SMILES string of the molecule is CCC(O)(CC)CN1CCC2(CC1)OCCO2. The van der Waals surface area contributed by atoms with Crippen LogP contribution in [0, 0.1) is 0 Å². The van der Waals surface area contributed by atoms with Gasteiger partial charge in [0.2, 0.25) is 0 Å². The number of piperidine rings is 1. The second-order valence-corrected chi connectivity index (χ2v) is 5.32. The third kappa shape index (κ3) is 2.99. The zero-order valence-electron chi connectivity index (χ0n) is 11.1. The Labute approximate surface area is 104 Å². The molecule has 0 saturated carbocycles. The normalized spacial score (nSPS) is 25.6. The summed E-state index contributed by atoms with van der Waals surface area (Å²) in [6, 6.07) is 0. The molecular weight excluding hydrogens is 218 g/mol. The van der Waals surface area contributed by atoms with Crippen molar-refractivity contribution in [3.8, 4) is 0 Å². The minimum atomic E-state index is -0.526. The summed E-state index contributed by atoms with van der Waals surface area (Å²) in [6.07, 6.45) is 3.49. The van der Waals surface area contributed by atoms with E-state index in [0.29, 0.717) is 0 Å². The van der Waals surface area contributed by atoms with Gasteiger partial charge < -0.3 is 19.5 Å². The van der Waals surface area contributed by atoms with Crippen LogP contribution in [0.2, 0.25) is 0 Å². The number of aliphatic hydroxyl groups is 1. The first kappa shape index (κ1) is 13.3. The third-order valence-corrected chi connectivity index (χ3v) is 4.27. The molecule has 4 nitrogen and oxygen atoms in total. The Morgan fingerprint density at radius 1 is 1.12 bits per heavy atom. The summed E-state index contributed by atoms with van der Waals surface area (Å²) in [5, 5.41) is 10.3. The van der Waals surface area contributed by atoms with Gasteiger partial charge in [0.1, 0.15) is 0 Å². The fourth-order valence-corrected chi connectivity index (χ4v) is 2.73. The number of rotatable bonds is 4. The van der Waals surface area contributed by atoms with Crippen LogP contribution in [0.15, 0.2) is 0 Å². The van der Waals surface area contributed by atoms with Gasteiger partial charge in [0, 0.05) is 32.5 Å². The predicted octanol–water partition coefficient (Wildman–Crippen LogP) is 1.38. The van der Waals surface area contributed by atoms with E-state index in [0.717, 1.165) is 58.5 Å². The Kier molecular flexibility index (Phi) is 4.08. The van der Waals surface area contributed by atoms with Crippen LogP contribution >= 0.6 is 0 Å². The quantitative estimate of drug-likeness (QED) is 0.810. The highest BCUT2D eigenvalue weighted by Crippen LogP contribution is 2.32. The van der Waals surface area contributed by atoms with Gasteiger partial charge in [-0.25, -0.2) is 0 Å². The van der Waals surface area contributed by atoms with Crippen LogP contribution in [0.3, 0.4) is 0 Å². The topological polar surface area (TPSA) is 41.9 Å². The van der Waals surface area contributed by atoms with Crippen molar-refractivity contribution in [3.63, 3.8) is 0 Å². The van der Waals surface area contributed by atoms with Crippen LogP contribution in [0.5, 0.6) is 0 Å². The summed E-state index contributed by atoms with van der Waals surface area (Å²) in [4.78, 5) is 2.34. The van der Waals surface area contributed by atoms with Crippen molar-refractivity contribution < 1.29 is 14.6 Å². The highest BCUT2D eigenvalue weighted by molar-refractivity contribution is 4.87. The zero-order valence-corrected chi connectivity index (χ0v) is 11.1. The van der Waals surface area contributed by atoms with Gasteiger partial charge in [-0.1, -0.05) is 13.8 Å². The number of hydrogen-bond acceptors (Lipinski definition) is 4. The summed E-state index contributed by atoms with van der Waals surface area (Å²) in [7, 11) is 0. The standard InChI is InChI=1S/C13H25NO3/c1-3-12(15,4-2)11-14-7-5-13(6-8-14)16-9-10-17-13/h15H,3-11H2,1-2H3. The molecule has 2 heterocycles. The van der Waals surface area contributed by atoms with E-state index in [1.807, 2.05) is 0 Å². The molecule has 0 radical (unpaired) electrons. The summed E-state index contributed by atoms with van der Waals surface area (Å²) in [6.45, 7) is 8.26. The van der Waals surface area contributed by atoms with E-state index in [1.54, 1.807) is 0 Å². The van der Waals surface area contributed by atoms with Gasteiger partial charge in [0.05, 0.1) is 18.8 Å². The molecule has 17 heavy (non-hydrogen) atoms. The average molecular weight is 243 g/mol. The Morgan fingerprint density at radius 3 is 2.12 bits per heavy atom. The largest absolute Gasteiger partial charge is 0.389 e. The number of ether oxygens (including phenoxy) is 2. The van der Waals surface area contributed by atoms with Crippen LogP contribution in [-0.2, 0) is 9.47 Å². The third-order valence-electron chi connectivity index (χ3n) is 4.27. The molecule has 2 aliphatic rings. The van der Waals surface area contributed by atoms with E-state index in [-0.39, 0.29) is 5.79 Å². The summed E-state index contributed by atoms with van der Waals surface area (Å²) in [5.41, 5.74) is -0.526. The molecule has 2 rings (SSSR count). The van der Waals surface area contributed by atoms with Crippen molar-refractivity contribution in [3.05, 3.63) is 0 Å². The lowest BCUT2D eigenvalue weighted by Gasteiger charge is -2.40. The monoisotopic (exact) mass is 243 g/mol. The minimum Gasteiger partial charge on any atom is -0.389 e. The number of hydrogen-bond donors (Lipinski definition) is 1. The molecule has 2 fully saturated rings. The van der Waals surface area contributed by atoms with E-state index < -0.39 is 5.60 Å². The lowest BCUT2D eigenvalue weighted by molar-refractivity contribution is -0.188. The second kappa shape index (κ2) is 5.22. The van der Waals surface area contributed by atoms with Gasteiger partial charge in [-0.3, -0.25) is 0 Å². The molecule has 2 saturated heterocycles. The molecule has 2 aliphatic heterocycles. The molecule has 1 spiro atoms. The second-order valence-electron chi connectivity index (χ2n) is 5.32. The lowest BCUT2D eigenvalue weighted by Crippen LogP contribution is -2.50. The van der Waals surface area contributed by atoms with Crippen LogP contribution in [0.25, 0.3) is 0 Å². The lowest BCUT2D eigenvalue weighted by atomic mass is 9.94. The molecule has 0 atom stereocenters. The van der Waals surface area contributed by atoms with Gasteiger partial charge in [-0.2, -0.15) is 0 Å². The average Bonchev–Trinajstić information content (AvgIpc) is 2.81. The van der Waals surface area contributed by atoms with E-state index in [1.165, 1.54) is 0 Å². The molecule has 4 heteroatoms. The molecule has 0 amide bonds. The molecule has 0 aliphatic carbocycles. The van der Waals surface area contributed by atoms with Crippen LogP contribution in [0.1, 0.15) is 39.5 Å². The number of likely N-dealkylation sites (tertiary alicyclic amines) is 1. The summed E-state index contributed by atoms with van der Waals surface area (Å²) in [5.74, 6) is -0.299. The number of nitrogens with zero attached hydrogens (tertiary/aromatic N) is 1. The maximum Gasteiger partial charge on any atom is 0.170 e. The molecule has 0 aromatic heterocycles. The Hall–Kier alpha value is -0.160. The van der Waals surface area contributed by atoms with Gasteiger partial charge in [0.25, 0.3) is 0 Å². The Morgan fingerprint density at radius 2 is 1.65 bits per heavy atom. The van der Waals surface area contributed by atoms with Crippen molar-refractivity contribution in [2.45, 2.75) is 50.9 Å². The molecule has 100 valence electrons. The maximum absolute atomic E-state index is 10.3. The van der Waals surface area contributed by atoms with Crippen molar-refractivity contribution in [1.29, 1.82) is 0 Å². The fraction of sp³-hybridized carbons (Fsp3) is 1.00. The molecule has 0 bridgehead atoms. The molecular formula is C13H25NO3. The van der Waals surface area contributed by atoms with Crippen molar-refractivity contribution in [2.24, 2.45) is 0 Å².